The van der Waals surface area contributed by atoms with Crippen molar-refractivity contribution in [3.05, 3.63) is 36.7 Å². The molecule has 0 radical (unpaired) electrons. The van der Waals surface area contributed by atoms with E-state index in [0.717, 1.165) is 45.1 Å². The second-order valence-electron chi connectivity index (χ2n) is 5.02. The van der Waals surface area contributed by atoms with E-state index in [1.54, 1.807) is 0 Å². The number of anilines is 2. The molecule has 1 saturated heterocycles. The second kappa shape index (κ2) is 5.92. The van der Waals surface area contributed by atoms with Crippen LogP contribution in [-0.4, -0.2) is 52.4 Å². The number of hydrogen-bond donors (Lipinski definition) is 1. The van der Waals surface area contributed by atoms with Crippen molar-refractivity contribution in [2.24, 2.45) is 0 Å². The Balaban J connectivity index is 1.47. The molecule has 106 valence electrons. The maximum atomic E-state index is 5.61. The Morgan fingerprint density at radius 3 is 2.55 bits per heavy atom. The van der Waals surface area contributed by atoms with Gasteiger partial charge in [0.15, 0.2) is 0 Å². The fraction of sp³-hybridized carbons (Fsp3) is 0.429. The number of aromatic nitrogens is 3. The third kappa shape index (κ3) is 3.08. The summed E-state index contributed by atoms with van der Waals surface area (Å²) in [4.78, 5) is 9.19. The van der Waals surface area contributed by atoms with Gasteiger partial charge >= 0.3 is 0 Å². The summed E-state index contributed by atoms with van der Waals surface area (Å²) in [6.07, 6.45) is 3.78. The van der Waals surface area contributed by atoms with Crippen LogP contribution in [0.4, 0.5) is 11.6 Å². The van der Waals surface area contributed by atoms with Crippen molar-refractivity contribution in [3.63, 3.8) is 0 Å². The summed E-state index contributed by atoms with van der Waals surface area (Å²) in [5, 5.41) is 4.20. The van der Waals surface area contributed by atoms with E-state index < -0.39 is 0 Å². The Morgan fingerprint density at radius 2 is 1.90 bits per heavy atom. The predicted octanol–water partition coefficient (Wildman–Crippen LogP) is 0.682. The monoisotopic (exact) mass is 272 g/mol. The number of nitrogens with zero attached hydrogens (tertiary/aromatic N) is 5. The van der Waals surface area contributed by atoms with Crippen molar-refractivity contribution in [2.45, 2.75) is 6.54 Å². The van der Waals surface area contributed by atoms with Gasteiger partial charge in [-0.1, -0.05) is 6.07 Å². The molecule has 0 unspecified atom stereocenters. The first kappa shape index (κ1) is 12.9. The van der Waals surface area contributed by atoms with Gasteiger partial charge in [0, 0.05) is 45.1 Å². The van der Waals surface area contributed by atoms with Crippen molar-refractivity contribution < 1.29 is 0 Å². The highest BCUT2D eigenvalue weighted by molar-refractivity contribution is 5.38. The molecule has 1 aliphatic heterocycles. The molecule has 0 spiro atoms. The van der Waals surface area contributed by atoms with E-state index in [1.165, 1.54) is 0 Å². The minimum Gasteiger partial charge on any atom is -0.382 e. The van der Waals surface area contributed by atoms with Gasteiger partial charge in [0.25, 0.3) is 0 Å². The molecule has 3 rings (SSSR count). The number of nitrogens with two attached hydrogens (primary N) is 1. The first-order chi connectivity index (χ1) is 9.81. The third-order valence-corrected chi connectivity index (χ3v) is 3.65. The molecule has 0 bridgehead atoms. The molecule has 1 aliphatic rings. The summed E-state index contributed by atoms with van der Waals surface area (Å²) in [6, 6.07) is 7.90. The molecular formula is C14H20N6. The fourth-order valence-electron chi connectivity index (χ4n) is 2.49. The van der Waals surface area contributed by atoms with Crippen molar-refractivity contribution in [1.82, 2.24) is 19.7 Å². The molecule has 2 N–H and O–H groups in total. The Morgan fingerprint density at radius 1 is 1.05 bits per heavy atom. The van der Waals surface area contributed by atoms with Crippen molar-refractivity contribution in [3.8, 4) is 0 Å². The highest BCUT2D eigenvalue weighted by Crippen LogP contribution is 2.12. The number of pyridine rings is 1. The van der Waals surface area contributed by atoms with Gasteiger partial charge in [0.1, 0.15) is 11.6 Å². The van der Waals surface area contributed by atoms with Crippen LogP contribution in [0.1, 0.15) is 0 Å². The molecule has 0 atom stereocenters. The molecule has 1 fully saturated rings. The minimum atomic E-state index is 0.588. The molecular weight excluding hydrogens is 252 g/mol. The average molecular weight is 272 g/mol. The Labute approximate surface area is 118 Å². The maximum Gasteiger partial charge on any atom is 0.145 e. The van der Waals surface area contributed by atoms with Gasteiger partial charge < -0.3 is 10.6 Å². The smallest absolute Gasteiger partial charge is 0.145 e. The van der Waals surface area contributed by atoms with Crippen LogP contribution in [0.15, 0.2) is 36.7 Å². The van der Waals surface area contributed by atoms with Crippen LogP contribution in [0, 0.1) is 0 Å². The van der Waals surface area contributed by atoms with Crippen LogP contribution in [-0.2, 0) is 6.54 Å². The Bertz CT molecular complexity index is 530. The number of piperazine rings is 1. The van der Waals surface area contributed by atoms with E-state index in [9.17, 15) is 0 Å². The highest BCUT2D eigenvalue weighted by atomic mass is 15.3. The zero-order valence-corrected chi connectivity index (χ0v) is 11.5. The normalized spacial score (nSPS) is 16.5. The van der Waals surface area contributed by atoms with Gasteiger partial charge in [-0.05, 0) is 18.2 Å². The molecule has 0 saturated carbocycles. The summed E-state index contributed by atoms with van der Waals surface area (Å²) < 4.78 is 1.90. The van der Waals surface area contributed by atoms with E-state index in [4.69, 9.17) is 5.73 Å². The number of nitrogen functional groups attached to an aromatic ring is 1. The molecule has 2 aromatic rings. The zero-order valence-electron chi connectivity index (χ0n) is 11.5. The van der Waals surface area contributed by atoms with Gasteiger partial charge in [-0.25, -0.2) is 4.98 Å². The lowest BCUT2D eigenvalue weighted by atomic mass is 10.3. The first-order valence-electron chi connectivity index (χ1n) is 6.98. The Kier molecular flexibility index (Phi) is 3.83. The van der Waals surface area contributed by atoms with Gasteiger partial charge in [0.2, 0.25) is 0 Å². The summed E-state index contributed by atoms with van der Waals surface area (Å²) in [7, 11) is 0. The van der Waals surface area contributed by atoms with E-state index in [1.807, 2.05) is 35.3 Å². The maximum absolute atomic E-state index is 5.61. The largest absolute Gasteiger partial charge is 0.382 e. The van der Waals surface area contributed by atoms with Crippen molar-refractivity contribution in [1.29, 1.82) is 0 Å². The molecule has 6 nitrogen and oxygen atoms in total. The van der Waals surface area contributed by atoms with Gasteiger partial charge in [0.05, 0.1) is 6.54 Å². The third-order valence-electron chi connectivity index (χ3n) is 3.65. The van der Waals surface area contributed by atoms with Crippen LogP contribution >= 0.6 is 0 Å². The zero-order chi connectivity index (χ0) is 13.8. The number of rotatable bonds is 4. The van der Waals surface area contributed by atoms with Crippen LogP contribution in [0.3, 0.4) is 0 Å². The predicted molar refractivity (Wildman–Crippen MR) is 79.5 cm³/mol. The summed E-state index contributed by atoms with van der Waals surface area (Å²) in [5.74, 6) is 1.66. The molecule has 3 heterocycles. The lowest BCUT2D eigenvalue weighted by Gasteiger charge is -2.35. The average Bonchev–Trinajstić information content (AvgIpc) is 2.92. The van der Waals surface area contributed by atoms with Crippen LogP contribution in [0.5, 0.6) is 0 Å². The lowest BCUT2D eigenvalue weighted by Crippen LogP contribution is -2.47. The Hall–Kier alpha value is -2.08. The molecule has 0 amide bonds. The summed E-state index contributed by atoms with van der Waals surface area (Å²) >= 11 is 0. The van der Waals surface area contributed by atoms with Gasteiger partial charge in [-0.3, -0.25) is 9.58 Å². The quantitative estimate of drug-likeness (QED) is 0.887. The van der Waals surface area contributed by atoms with Crippen molar-refractivity contribution >= 4 is 11.6 Å². The summed E-state index contributed by atoms with van der Waals surface area (Å²) in [5.41, 5.74) is 5.61. The second-order valence-corrected chi connectivity index (χ2v) is 5.02. The molecule has 2 aromatic heterocycles. The highest BCUT2D eigenvalue weighted by Gasteiger charge is 2.17. The minimum absolute atomic E-state index is 0.588. The van der Waals surface area contributed by atoms with E-state index in [0.29, 0.717) is 5.82 Å². The van der Waals surface area contributed by atoms with Gasteiger partial charge in [-0.2, -0.15) is 5.10 Å². The topological polar surface area (TPSA) is 63.2 Å². The fourth-order valence-corrected chi connectivity index (χ4v) is 2.49. The standard InChI is InChI=1S/C14H20N6/c15-13-4-6-20(17-13)12-9-18-7-10-19(11-8-18)14-3-1-2-5-16-14/h1-6H,7-12H2,(H2,15,17). The van der Waals surface area contributed by atoms with Crippen molar-refractivity contribution in [2.75, 3.05) is 43.4 Å². The SMILES string of the molecule is Nc1ccn(CCN2CCN(c3ccccn3)CC2)n1. The van der Waals surface area contributed by atoms with Crippen LogP contribution in [0.25, 0.3) is 0 Å². The van der Waals surface area contributed by atoms with Crippen LogP contribution < -0.4 is 10.6 Å². The van der Waals surface area contributed by atoms with E-state index >= 15 is 0 Å². The van der Waals surface area contributed by atoms with Gasteiger partial charge in [-0.15, -0.1) is 0 Å². The van der Waals surface area contributed by atoms with E-state index in [2.05, 4.69) is 25.9 Å². The van der Waals surface area contributed by atoms with Crippen LogP contribution in [0.2, 0.25) is 0 Å². The van der Waals surface area contributed by atoms with E-state index in [-0.39, 0.29) is 0 Å². The lowest BCUT2D eigenvalue weighted by molar-refractivity contribution is 0.244. The molecule has 6 heteroatoms. The first-order valence-corrected chi connectivity index (χ1v) is 6.98. The summed E-state index contributed by atoms with van der Waals surface area (Å²) in [6.45, 7) is 6.08. The molecule has 20 heavy (non-hydrogen) atoms. The molecule has 0 aliphatic carbocycles. The molecule has 0 aromatic carbocycles. The number of hydrogen-bond acceptors (Lipinski definition) is 5.